The Balaban J connectivity index is 1.34. The van der Waals surface area contributed by atoms with Crippen molar-refractivity contribution in [2.75, 3.05) is 0 Å². The molecule has 6 aromatic rings. The molecule has 0 aliphatic rings. The monoisotopic (exact) mass is 638 g/mol. The summed E-state index contributed by atoms with van der Waals surface area (Å²) in [7, 11) is 0. The van der Waals surface area contributed by atoms with E-state index in [1.54, 1.807) is 22.8 Å². The largest absolute Gasteiger partial charge is 0.478 e. The van der Waals surface area contributed by atoms with Gasteiger partial charge in [-0.1, -0.05) is 49.4 Å². The standard InChI is InChI=1S/C32H27BrN6O4/c1-3-5-27-34-18(2)24(15-19-6-4-7-23(14-19)32(41)42)31(40)39(27)17-20-8-13-26-25(16-20)28(33)29(43-26)21-9-11-22(12-10-21)30-35-37-38-36-30/h4,6-14,16H,3,5,15,17H2,1-2H3,(H,41,42)(H,35,36,37,38). The molecule has 0 radical (unpaired) electrons. The van der Waals surface area contributed by atoms with Crippen molar-refractivity contribution in [3.05, 3.63) is 115 Å². The Kier molecular flexibility index (Phi) is 7.73. The lowest BCUT2D eigenvalue weighted by molar-refractivity contribution is 0.0696. The summed E-state index contributed by atoms with van der Waals surface area (Å²) in [5.41, 5.74) is 5.40. The van der Waals surface area contributed by atoms with Gasteiger partial charge in [0, 0.05) is 40.6 Å². The maximum absolute atomic E-state index is 13.9. The molecule has 3 aromatic carbocycles. The quantitative estimate of drug-likeness (QED) is 0.191. The van der Waals surface area contributed by atoms with Crippen LogP contribution in [0.3, 0.4) is 0 Å². The van der Waals surface area contributed by atoms with Crippen LogP contribution >= 0.6 is 15.9 Å². The van der Waals surface area contributed by atoms with Crippen LogP contribution in [0.25, 0.3) is 33.7 Å². The third-order valence-electron chi connectivity index (χ3n) is 7.36. The number of carboxylic acids is 1. The topological polar surface area (TPSA) is 140 Å². The van der Waals surface area contributed by atoms with Gasteiger partial charge in [-0.25, -0.2) is 9.78 Å². The van der Waals surface area contributed by atoms with Crippen molar-refractivity contribution < 1.29 is 14.3 Å². The number of nitrogens with zero attached hydrogens (tertiary/aromatic N) is 5. The summed E-state index contributed by atoms with van der Waals surface area (Å²) in [6.07, 6.45) is 1.80. The second-order valence-corrected chi connectivity index (χ2v) is 11.1. The average Bonchev–Trinajstić information content (AvgIpc) is 3.66. The van der Waals surface area contributed by atoms with Gasteiger partial charge < -0.3 is 9.52 Å². The van der Waals surface area contributed by atoms with Gasteiger partial charge in [0.2, 0.25) is 5.82 Å². The number of H-pyrrole nitrogens is 1. The first-order valence-electron chi connectivity index (χ1n) is 13.8. The molecule has 0 saturated carbocycles. The number of furan rings is 1. The van der Waals surface area contributed by atoms with E-state index in [9.17, 15) is 14.7 Å². The number of halogens is 1. The number of benzene rings is 3. The van der Waals surface area contributed by atoms with Crippen molar-refractivity contribution in [1.82, 2.24) is 30.2 Å². The zero-order chi connectivity index (χ0) is 30.1. The number of carboxylic acid groups (broad SMARTS) is 1. The molecule has 0 aliphatic carbocycles. The molecule has 0 bridgehead atoms. The van der Waals surface area contributed by atoms with Crippen molar-refractivity contribution in [2.24, 2.45) is 0 Å². The Labute approximate surface area is 254 Å². The zero-order valence-corrected chi connectivity index (χ0v) is 25.1. The molecular weight excluding hydrogens is 612 g/mol. The van der Waals surface area contributed by atoms with Crippen LogP contribution in [0.15, 0.2) is 80.4 Å². The van der Waals surface area contributed by atoms with Crippen LogP contribution in [-0.2, 0) is 19.4 Å². The summed E-state index contributed by atoms with van der Waals surface area (Å²) in [4.78, 5) is 30.2. The lowest BCUT2D eigenvalue weighted by Crippen LogP contribution is -2.30. The van der Waals surface area contributed by atoms with Gasteiger partial charge in [0.15, 0.2) is 0 Å². The van der Waals surface area contributed by atoms with Gasteiger partial charge in [0.1, 0.15) is 17.2 Å². The van der Waals surface area contributed by atoms with Crippen molar-refractivity contribution >= 4 is 32.9 Å². The lowest BCUT2D eigenvalue weighted by Gasteiger charge is -2.16. The molecule has 11 heteroatoms. The summed E-state index contributed by atoms with van der Waals surface area (Å²) in [5.74, 6) is 0.928. The lowest BCUT2D eigenvalue weighted by atomic mass is 10.0. The Morgan fingerprint density at radius 1 is 1.05 bits per heavy atom. The average molecular weight is 640 g/mol. The molecule has 216 valence electrons. The summed E-state index contributed by atoms with van der Waals surface area (Å²) < 4.78 is 8.77. The first-order valence-corrected chi connectivity index (χ1v) is 14.6. The minimum absolute atomic E-state index is 0.120. The summed E-state index contributed by atoms with van der Waals surface area (Å²) >= 11 is 3.74. The highest BCUT2D eigenvalue weighted by Gasteiger charge is 2.18. The number of hydrogen-bond acceptors (Lipinski definition) is 7. The minimum atomic E-state index is -1.00. The van der Waals surface area contributed by atoms with E-state index < -0.39 is 5.97 Å². The van der Waals surface area contributed by atoms with Gasteiger partial charge >= 0.3 is 5.97 Å². The van der Waals surface area contributed by atoms with Crippen LogP contribution in [0.1, 0.15) is 51.9 Å². The van der Waals surface area contributed by atoms with Crippen LogP contribution in [0.5, 0.6) is 0 Å². The van der Waals surface area contributed by atoms with Gasteiger partial charge in [-0.15, -0.1) is 10.2 Å². The zero-order valence-electron chi connectivity index (χ0n) is 23.5. The van der Waals surface area contributed by atoms with Crippen molar-refractivity contribution in [1.29, 1.82) is 0 Å². The number of rotatable bonds is 9. The van der Waals surface area contributed by atoms with Gasteiger partial charge in [-0.05, 0) is 69.9 Å². The summed E-state index contributed by atoms with van der Waals surface area (Å²) in [5, 5.41) is 24.4. The molecular formula is C32H27BrN6O4. The van der Waals surface area contributed by atoms with Crippen molar-refractivity contribution in [3.8, 4) is 22.7 Å². The van der Waals surface area contributed by atoms with E-state index in [0.717, 1.165) is 49.9 Å². The molecule has 0 unspecified atom stereocenters. The number of carbonyl (C=O) groups is 1. The molecule has 0 saturated heterocycles. The number of tetrazole rings is 1. The Bertz CT molecular complexity index is 2010. The second-order valence-electron chi connectivity index (χ2n) is 10.3. The van der Waals surface area contributed by atoms with Crippen LogP contribution < -0.4 is 5.56 Å². The Morgan fingerprint density at radius 2 is 1.84 bits per heavy atom. The smallest absolute Gasteiger partial charge is 0.335 e. The van der Waals surface area contributed by atoms with Crippen LogP contribution in [0.2, 0.25) is 0 Å². The highest BCUT2D eigenvalue weighted by atomic mass is 79.9. The third kappa shape index (κ3) is 5.63. The predicted octanol–water partition coefficient (Wildman–Crippen LogP) is 6.20. The number of fused-ring (bicyclic) bond motifs is 1. The first kappa shape index (κ1) is 28.2. The number of aryl methyl sites for hydroxylation is 2. The molecule has 43 heavy (non-hydrogen) atoms. The molecule has 0 fully saturated rings. The number of hydrogen-bond donors (Lipinski definition) is 2. The maximum atomic E-state index is 13.9. The molecule has 0 atom stereocenters. The Hall–Kier alpha value is -4.90. The van der Waals surface area contributed by atoms with E-state index in [1.807, 2.05) is 55.5 Å². The van der Waals surface area contributed by atoms with Crippen LogP contribution in [0.4, 0.5) is 0 Å². The first-order chi connectivity index (χ1) is 20.8. The number of aromatic amines is 1. The molecule has 0 amide bonds. The van der Waals surface area contributed by atoms with E-state index >= 15 is 0 Å². The van der Waals surface area contributed by atoms with Crippen molar-refractivity contribution in [3.63, 3.8) is 0 Å². The van der Waals surface area contributed by atoms with Crippen LogP contribution in [0, 0.1) is 6.92 Å². The number of aromatic carboxylic acids is 1. The van der Waals surface area contributed by atoms with Crippen molar-refractivity contribution in [2.45, 2.75) is 39.7 Å². The predicted molar refractivity (Wildman–Crippen MR) is 165 cm³/mol. The molecule has 0 spiro atoms. The summed E-state index contributed by atoms with van der Waals surface area (Å²) in [6, 6.07) is 20.3. The molecule has 3 aromatic heterocycles. The number of nitrogens with one attached hydrogen (secondary N) is 1. The third-order valence-corrected chi connectivity index (χ3v) is 8.15. The van der Waals surface area contributed by atoms with Crippen LogP contribution in [-0.4, -0.2) is 41.3 Å². The van der Waals surface area contributed by atoms with Gasteiger partial charge in [-0.2, -0.15) is 5.21 Å². The SMILES string of the molecule is CCCc1nc(C)c(Cc2cccc(C(=O)O)c2)c(=O)n1Cc1ccc2oc(-c3ccc(-c4nn[nH]n4)cc3)c(Br)c2c1. The van der Waals surface area contributed by atoms with E-state index in [4.69, 9.17) is 9.40 Å². The molecule has 2 N–H and O–H groups in total. The highest BCUT2D eigenvalue weighted by Crippen LogP contribution is 2.38. The van der Waals surface area contributed by atoms with E-state index in [1.165, 1.54) is 0 Å². The highest BCUT2D eigenvalue weighted by molar-refractivity contribution is 9.10. The summed E-state index contributed by atoms with van der Waals surface area (Å²) in [6.45, 7) is 4.24. The molecule has 10 nitrogen and oxygen atoms in total. The fraction of sp³-hybridized carbons (Fsp3) is 0.188. The number of aromatic nitrogens is 6. The van der Waals surface area contributed by atoms with E-state index in [-0.39, 0.29) is 11.1 Å². The fourth-order valence-corrected chi connectivity index (χ4v) is 5.81. The molecule has 0 aliphatic heterocycles. The fourth-order valence-electron chi connectivity index (χ4n) is 5.19. The van der Waals surface area contributed by atoms with Gasteiger partial charge in [-0.3, -0.25) is 9.36 Å². The second kappa shape index (κ2) is 11.8. The normalized spacial score (nSPS) is 11.3. The van der Waals surface area contributed by atoms with E-state index in [2.05, 4.69) is 43.5 Å². The van der Waals surface area contributed by atoms with E-state index in [0.29, 0.717) is 42.2 Å². The maximum Gasteiger partial charge on any atom is 0.335 e. The van der Waals surface area contributed by atoms with Gasteiger partial charge in [0.05, 0.1) is 16.6 Å². The molecule has 6 rings (SSSR count). The Morgan fingerprint density at radius 3 is 2.56 bits per heavy atom. The van der Waals surface area contributed by atoms with Gasteiger partial charge in [0.25, 0.3) is 5.56 Å². The molecule has 3 heterocycles. The minimum Gasteiger partial charge on any atom is -0.478 e.